The minimum atomic E-state index is -4.67. The van der Waals surface area contributed by atoms with E-state index in [9.17, 15) is 22.8 Å². The highest BCUT2D eigenvalue weighted by molar-refractivity contribution is 7.98. The minimum absolute atomic E-state index is 0.0901. The third-order valence-corrected chi connectivity index (χ3v) is 5.39. The van der Waals surface area contributed by atoms with Crippen LogP contribution in [-0.2, 0) is 15.8 Å². The highest BCUT2D eigenvalue weighted by Crippen LogP contribution is 2.36. The van der Waals surface area contributed by atoms with E-state index in [0.717, 1.165) is 17.0 Å². The Balaban J connectivity index is 2.03. The van der Waals surface area contributed by atoms with Crippen molar-refractivity contribution in [3.05, 3.63) is 53.1 Å². The van der Waals surface area contributed by atoms with Crippen LogP contribution >= 0.6 is 23.4 Å². The Kier molecular flexibility index (Phi) is 8.17. The number of para-hydroxylation sites is 1. The number of hydrogen-bond donors (Lipinski definition) is 2. The van der Waals surface area contributed by atoms with Crippen LogP contribution in [-0.4, -0.2) is 42.6 Å². The molecule has 2 N–H and O–H groups in total. The number of likely N-dealkylation sites (N-methyl/N-ethyl adjacent to an activating group) is 1. The topological polar surface area (TPSA) is 61.4 Å². The number of nitrogens with zero attached hydrogens (tertiary/aromatic N) is 1. The lowest BCUT2D eigenvalue weighted by Gasteiger charge is -2.24. The number of halogens is 4. The van der Waals surface area contributed by atoms with Crippen molar-refractivity contribution in [2.45, 2.75) is 24.0 Å². The second-order valence-corrected chi connectivity index (χ2v) is 7.80. The number of thioether (sulfide) groups is 1. The van der Waals surface area contributed by atoms with Crippen LogP contribution in [0.2, 0.25) is 5.02 Å². The number of anilines is 2. The van der Waals surface area contributed by atoms with Gasteiger partial charge >= 0.3 is 6.18 Å². The summed E-state index contributed by atoms with van der Waals surface area (Å²) in [5.74, 6) is -1.02. The van der Waals surface area contributed by atoms with Gasteiger partial charge in [-0.05, 0) is 50.6 Å². The molecule has 10 heteroatoms. The minimum Gasteiger partial charge on any atom is -0.324 e. The molecule has 0 saturated heterocycles. The third kappa shape index (κ3) is 6.38. The van der Waals surface area contributed by atoms with Crippen molar-refractivity contribution in [3.63, 3.8) is 0 Å². The van der Waals surface area contributed by atoms with Crippen molar-refractivity contribution in [2.24, 2.45) is 0 Å². The Hall–Kier alpha value is -2.23. The summed E-state index contributed by atoms with van der Waals surface area (Å²) in [7, 11) is 1.54. The zero-order valence-corrected chi connectivity index (χ0v) is 18.1. The molecule has 0 bridgehead atoms. The molecule has 2 amide bonds. The predicted octanol–water partition coefficient (Wildman–Crippen LogP) is 4.98. The number of alkyl halides is 3. The van der Waals surface area contributed by atoms with E-state index in [2.05, 4.69) is 10.6 Å². The van der Waals surface area contributed by atoms with Crippen molar-refractivity contribution in [3.8, 4) is 0 Å². The summed E-state index contributed by atoms with van der Waals surface area (Å²) in [6.45, 7) is 1.38. The maximum atomic E-state index is 13.2. The highest BCUT2D eigenvalue weighted by Gasteiger charge is 2.34. The van der Waals surface area contributed by atoms with Crippen LogP contribution < -0.4 is 10.6 Å². The molecule has 0 heterocycles. The quantitative estimate of drug-likeness (QED) is 0.573. The van der Waals surface area contributed by atoms with Crippen LogP contribution in [0, 0.1) is 0 Å². The summed E-state index contributed by atoms with van der Waals surface area (Å²) in [6.07, 6.45) is -2.79. The second-order valence-electron chi connectivity index (χ2n) is 6.52. The van der Waals surface area contributed by atoms with Gasteiger partial charge in [0.05, 0.1) is 29.5 Å². The number of rotatable bonds is 7. The molecule has 0 aliphatic carbocycles. The fourth-order valence-corrected chi connectivity index (χ4v) is 3.32. The number of benzene rings is 2. The average Bonchev–Trinajstić information content (AvgIpc) is 2.68. The lowest BCUT2D eigenvalue weighted by atomic mass is 10.1. The first-order valence-corrected chi connectivity index (χ1v) is 10.4. The van der Waals surface area contributed by atoms with E-state index in [0.29, 0.717) is 5.69 Å². The van der Waals surface area contributed by atoms with Crippen molar-refractivity contribution in [1.82, 2.24) is 4.90 Å². The molecule has 0 radical (unpaired) electrons. The fourth-order valence-electron chi connectivity index (χ4n) is 2.60. The van der Waals surface area contributed by atoms with Crippen molar-refractivity contribution in [2.75, 3.05) is 30.5 Å². The van der Waals surface area contributed by atoms with Crippen LogP contribution in [0.5, 0.6) is 0 Å². The third-order valence-electron chi connectivity index (χ3n) is 4.36. The number of carbonyl (C=O) groups excluding carboxylic acids is 2. The first-order valence-electron chi connectivity index (χ1n) is 8.83. The molecule has 1 atom stereocenters. The van der Waals surface area contributed by atoms with Crippen molar-refractivity contribution < 1.29 is 22.8 Å². The van der Waals surface area contributed by atoms with Gasteiger partial charge in [-0.15, -0.1) is 11.8 Å². The van der Waals surface area contributed by atoms with E-state index in [1.54, 1.807) is 12.1 Å². The summed E-state index contributed by atoms with van der Waals surface area (Å²) < 4.78 is 39.6. The van der Waals surface area contributed by atoms with E-state index >= 15 is 0 Å². The first kappa shape index (κ1) is 24.0. The van der Waals surface area contributed by atoms with Crippen LogP contribution in [0.1, 0.15) is 12.5 Å². The molecule has 0 saturated carbocycles. The zero-order chi connectivity index (χ0) is 22.5. The first-order chi connectivity index (χ1) is 14.0. The fraction of sp³-hybridized carbons (Fsp3) is 0.300. The molecule has 0 aliphatic rings. The Morgan fingerprint density at radius 2 is 1.80 bits per heavy atom. The molecule has 0 aromatic heterocycles. The van der Waals surface area contributed by atoms with Gasteiger partial charge in [-0.1, -0.05) is 23.7 Å². The summed E-state index contributed by atoms with van der Waals surface area (Å²) in [4.78, 5) is 27.1. The molecule has 5 nitrogen and oxygen atoms in total. The Labute approximate surface area is 182 Å². The van der Waals surface area contributed by atoms with Gasteiger partial charge in [0.15, 0.2) is 0 Å². The molecule has 0 fully saturated rings. The average molecular weight is 460 g/mol. The molecule has 2 rings (SSSR count). The molecule has 0 aliphatic heterocycles. The van der Waals surface area contributed by atoms with Crippen molar-refractivity contribution >= 4 is 46.6 Å². The van der Waals surface area contributed by atoms with Crippen LogP contribution in [0.4, 0.5) is 24.5 Å². The monoisotopic (exact) mass is 459 g/mol. The largest absolute Gasteiger partial charge is 0.418 e. The van der Waals surface area contributed by atoms with Gasteiger partial charge in [-0.2, -0.15) is 13.2 Å². The Morgan fingerprint density at radius 1 is 1.13 bits per heavy atom. The van der Waals surface area contributed by atoms with E-state index in [1.807, 2.05) is 18.4 Å². The van der Waals surface area contributed by atoms with E-state index in [1.165, 1.54) is 36.7 Å². The van der Waals surface area contributed by atoms with Crippen LogP contribution in [0.3, 0.4) is 0 Å². The molecule has 162 valence electrons. The summed E-state index contributed by atoms with van der Waals surface area (Å²) in [5.41, 5.74) is -0.781. The summed E-state index contributed by atoms with van der Waals surface area (Å²) in [5, 5.41) is 4.96. The molecule has 2 aromatic carbocycles. The molecule has 1 unspecified atom stereocenters. The smallest absolute Gasteiger partial charge is 0.324 e. The Bertz CT molecular complexity index is 924. The second kappa shape index (κ2) is 10.2. The van der Waals surface area contributed by atoms with E-state index in [4.69, 9.17) is 11.6 Å². The highest BCUT2D eigenvalue weighted by atomic mass is 35.5. The summed E-state index contributed by atoms with van der Waals surface area (Å²) in [6, 6.07) is 9.53. The van der Waals surface area contributed by atoms with Crippen LogP contribution in [0.15, 0.2) is 47.4 Å². The van der Waals surface area contributed by atoms with Gasteiger partial charge in [-0.25, -0.2) is 0 Å². The number of carbonyl (C=O) groups is 2. The lowest BCUT2D eigenvalue weighted by molar-refractivity contribution is -0.137. The number of hydrogen-bond acceptors (Lipinski definition) is 4. The van der Waals surface area contributed by atoms with Gasteiger partial charge in [0.1, 0.15) is 0 Å². The molecular weight excluding hydrogens is 439 g/mol. The predicted molar refractivity (Wildman–Crippen MR) is 114 cm³/mol. The maximum Gasteiger partial charge on any atom is 0.418 e. The van der Waals surface area contributed by atoms with Gasteiger partial charge in [0.2, 0.25) is 11.8 Å². The van der Waals surface area contributed by atoms with E-state index < -0.39 is 29.4 Å². The maximum absolute atomic E-state index is 13.2. The normalized spacial score (nSPS) is 12.5. The Morgan fingerprint density at radius 3 is 2.43 bits per heavy atom. The molecule has 2 aromatic rings. The lowest BCUT2D eigenvalue weighted by Crippen LogP contribution is -2.43. The van der Waals surface area contributed by atoms with E-state index in [-0.39, 0.29) is 17.5 Å². The van der Waals surface area contributed by atoms with Crippen LogP contribution in [0.25, 0.3) is 0 Å². The zero-order valence-electron chi connectivity index (χ0n) is 16.5. The van der Waals surface area contributed by atoms with Gasteiger partial charge in [-0.3, -0.25) is 14.5 Å². The summed E-state index contributed by atoms with van der Waals surface area (Å²) >= 11 is 7.13. The number of amides is 2. The van der Waals surface area contributed by atoms with Gasteiger partial charge in [0.25, 0.3) is 0 Å². The molecular formula is C20H21ClF3N3O2S. The molecule has 30 heavy (non-hydrogen) atoms. The number of nitrogens with one attached hydrogen (secondary N) is 2. The molecule has 0 spiro atoms. The van der Waals surface area contributed by atoms with Gasteiger partial charge in [0, 0.05) is 9.92 Å². The van der Waals surface area contributed by atoms with Crippen molar-refractivity contribution in [1.29, 1.82) is 0 Å². The standard InChI is InChI=1S/C20H21ClF3N3O2S/c1-12(19(29)26-15-9-8-13(21)10-14(15)20(22,23)24)27(2)11-18(28)25-16-6-4-5-7-17(16)30-3/h4-10,12H,11H2,1-3H3,(H,25,28)(H,26,29). The van der Waals surface area contributed by atoms with Gasteiger partial charge < -0.3 is 10.6 Å². The SMILES string of the molecule is CSc1ccccc1NC(=O)CN(C)C(C)C(=O)Nc1ccc(Cl)cc1C(F)(F)F.